The summed E-state index contributed by atoms with van der Waals surface area (Å²) in [4.78, 5) is 3.97. The summed E-state index contributed by atoms with van der Waals surface area (Å²) in [6, 6.07) is 5.19. The van der Waals surface area contributed by atoms with Crippen molar-refractivity contribution in [1.29, 1.82) is 0 Å². The summed E-state index contributed by atoms with van der Waals surface area (Å²) in [6.07, 6.45) is 1.22. The third-order valence-electron chi connectivity index (χ3n) is 4.03. The summed E-state index contributed by atoms with van der Waals surface area (Å²) < 4.78 is 0.891. The van der Waals surface area contributed by atoms with E-state index in [0.29, 0.717) is 17.5 Å². The van der Waals surface area contributed by atoms with E-state index in [1.54, 1.807) is 11.3 Å². The minimum absolute atomic E-state index is 0.301. The van der Waals surface area contributed by atoms with E-state index in [9.17, 15) is 0 Å². The van der Waals surface area contributed by atoms with Crippen molar-refractivity contribution in [3.63, 3.8) is 0 Å². The Morgan fingerprint density at radius 2 is 2.16 bits per heavy atom. The van der Waals surface area contributed by atoms with Gasteiger partial charge in [-0.3, -0.25) is 4.90 Å². The number of nitrogens with one attached hydrogen (secondary N) is 1. The van der Waals surface area contributed by atoms with Gasteiger partial charge in [0.15, 0.2) is 0 Å². The molecule has 19 heavy (non-hydrogen) atoms. The highest BCUT2D eigenvalue weighted by molar-refractivity contribution is 7.16. The second-order valence-electron chi connectivity index (χ2n) is 6.54. The molecule has 0 aromatic carbocycles. The molecule has 0 amide bonds. The fourth-order valence-electron chi connectivity index (χ4n) is 2.61. The Bertz CT molecular complexity index is 411. The second-order valence-corrected chi connectivity index (χ2v) is 8.29. The van der Waals surface area contributed by atoms with E-state index in [4.69, 9.17) is 11.6 Å². The number of halogens is 1. The van der Waals surface area contributed by atoms with Gasteiger partial charge in [0.05, 0.1) is 4.34 Å². The van der Waals surface area contributed by atoms with Crippen LogP contribution in [0.25, 0.3) is 0 Å². The fraction of sp³-hybridized carbons (Fsp3) is 0.733. The molecule has 0 bridgehead atoms. The Morgan fingerprint density at radius 3 is 2.74 bits per heavy atom. The van der Waals surface area contributed by atoms with Crippen LogP contribution in [0.2, 0.25) is 4.34 Å². The summed E-state index contributed by atoms with van der Waals surface area (Å²) in [6.45, 7) is 12.7. The third kappa shape index (κ3) is 3.94. The van der Waals surface area contributed by atoms with Crippen LogP contribution in [0.5, 0.6) is 0 Å². The maximum absolute atomic E-state index is 6.06. The molecule has 108 valence electrons. The first-order chi connectivity index (χ1) is 8.88. The van der Waals surface area contributed by atoms with E-state index in [1.165, 1.54) is 11.3 Å². The molecule has 1 aliphatic heterocycles. The lowest BCUT2D eigenvalue weighted by Gasteiger charge is -2.35. The number of nitrogens with zero attached hydrogens (tertiary/aromatic N) is 1. The van der Waals surface area contributed by atoms with Crippen molar-refractivity contribution in [2.24, 2.45) is 5.41 Å². The van der Waals surface area contributed by atoms with E-state index < -0.39 is 0 Å². The number of rotatable bonds is 2. The molecule has 0 radical (unpaired) electrons. The van der Waals surface area contributed by atoms with Crippen LogP contribution in [0.1, 0.15) is 45.0 Å². The molecular formula is C15H25ClN2S. The van der Waals surface area contributed by atoms with Gasteiger partial charge in [0, 0.05) is 30.1 Å². The molecule has 0 saturated carbocycles. The molecule has 1 aromatic heterocycles. The van der Waals surface area contributed by atoms with Gasteiger partial charge in [0.25, 0.3) is 0 Å². The van der Waals surface area contributed by atoms with Crippen molar-refractivity contribution < 1.29 is 0 Å². The molecule has 0 aliphatic carbocycles. The van der Waals surface area contributed by atoms with Crippen molar-refractivity contribution >= 4 is 22.9 Å². The highest BCUT2D eigenvalue weighted by Crippen LogP contribution is 2.32. The molecule has 2 nitrogen and oxygen atoms in total. The van der Waals surface area contributed by atoms with Crippen molar-refractivity contribution in [3.8, 4) is 0 Å². The van der Waals surface area contributed by atoms with Crippen LogP contribution in [-0.4, -0.2) is 30.6 Å². The zero-order valence-electron chi connectivity index (χ0n) is 12.4. The Hall–Kier alpha value is -0.0900. The second kappa shape index (κ2) is 6.13. The number of hydrogen-bond acceptors (Lipinski definition) is 3. The summed E-state index contributed by atoms with van der Waals surface area (Å²) in [5.74, 6) is 0. The maximum Gasteiger partial charge on any atom is 0.0931 e. The predicted octanol–water partition coefficient (Wildman–Crippen LogP) is 4.17. The maximum atomic E-state index is 6.06. The van der Waals surface area contributed by atoms with Gasteiger partial charge >= 0.3 is 0 Å². The van der Waals surface area contributed by atoms with E-state index in [-0.39, 0.29) is 0 Å². The number of hydrogen-bond donors (Lipinski definition) is 1. The molecule has 2 atom stereocenters. The standard InChI is InChI=1S/C15H25ClN2S/c1-11(12-6-7-14(16)19-12)18-9-5-8-17-13(10-18)15(2,3)4/h6-7,11,13,17H,5,8-10H2,1-4H3. The molecule has 2 unspecified atom stereocenters. The molecule has 4 heteroatoms. The smallest absolute Gasteiger partial charge is 0.0931 e. The zero-order chi connectivity index (χ0) is 14.0. The van der Waals surface area contributed by atoms with Crippen molar-refractivity contribution in [3.05, 3.63) is 21.3 Å². The quantitative estimate of drug-likeness (QED) is 0.882. The molecule has 1 aliphatic rings. The molecule has 1 saturated heterocycles. The minimum Gasteiger partial charge on any atom is -0.312 e. The van der Waals surface area contributed by atoms with Gasteiger partial charge in [-0.2, -0.15) is 0 Å². The Morgan fingerprint density at radius 1 is 1.42 bits per heavy atom. The highest BCUT2D eigenvalue weighted by Gasteiger charge is 2.30. The van der Waals surface area contributed by atoms with Crippen LogP contribution in [0.4, 0.5) is 0 Å². The first kappa shape index (κ1) is 15.3. The summed E-state index contributed by atoms with van der Waals surface area (Å²) in [7, 11) is 0. The lowest BCUT2D eigenvalue weighted by atomic mass is 9.86. The molecule has 1 fully saturated rings. The van der Waals surface area contributed by atoms with E-state index in [2.05, 4.69) is 44.0 Å². The van der Waals surface area contributed by atoms with Gasteiger partial charge in [-0.25, -0.2) is 0 Å². The summed E-state index contributed by atoms with van der Waals surface area (Å²) >= 11 is 7.77. The fourth-order valence-corrected chi connectivity index (χ4v) is 3.76. The van der Waals surface area contributed by atoms with Gasteiger partial charge in [0.2, 0.25) is 0 Å². The van der Waals surface area contributed by atoms with E-state index >= 15 is 0 Å². The van der Waals surface area contributed by atoms with Crippen LogP contribution in [0.15, 0.2) is 12.1 Å². The zero-order valence-corrected chi connectivity index (χ0v) is 13.9. The molecule has 2 heterocycles. The van der Waals surface area contributed by atoms with Crippen LogP contribution in [0.3, 0.4) is 0 Å². The van der Waals surface area contributed by atoms with Gasteiger partial charge in [-0.1, -0.05) is 32.4 Å². The van der Waals surface area contributed by atoms with E-state index in [1.807, 2.05) is 6.07 Å². The Balaban J connectivity index is 2.09. The van der Waals surface area contributed by atoms with Crippen LogP contribution in [0, 0.1) is 5.41 Å². The van der Waals surface area contributed by atoms with Gasteiger partial charge in [0.1, 0.15) is 0 Å². The van der Waals surface area contributed by atoms with Crippen molar-refractivity contribution in [2.75, 3.05) is 19.6 Å². The van der Waals surface area contributed by atoms with Crippen molar-refractivity contribution in [1.82, 2.24) is 10.2 Å². The van der Waals surface area contributed by atoms with E-state index in [0.717, 1.165) is 24.0 Å². The molecule has 1 N–H and O–H groups in total. The van der Waals surface area contributed by atoms with Gasteiger partial charge in [-0.05, 0) is 37.4 Å². The lowest BCUT2D eigenvalue weighted by molar-refractivity contribution is 0.163. The van der Waals surface area contributed by atoms with Crippen LogP contribution >= 0.6 is 22.9 Å². The average Bonchev–Trinajstić information content (AvgIpc) is 2.62. The van der Waals surface area contributed by atoms with Crippen LogP contribution in [-0.2, 0) is 0 Å². The highest BCUT2D eigenvalue weighted by atomic mass is 35.5. The van der Waals surface area contributed by atoms with Crippen LogP contribution < -0.4 is 5.32 Å². The Labute approximate surface area is 126 Å². The SMILES string of the molecule is CC(c1ccc(Cl)s1)N1CCCNC(C(C)(C)C)C1. The minimum atomic E-state index is 0.301. The first-order valence-electron chi connectivity index (χ1n) is 7.10. The van der Waals surface area contributed by atoms with Gasteiger partial charge in [-0.15, -0.1) is 11.3 Å². The van der Waals surface area contributed by atoms with Crippen molar-refractivity contribution in [2.45, 2.75) is 46.2 Å². The largest absolute Gasteiger partial charge is 0.312 e. The normalized spacial score (nSPS) is 24.2. The third-order valence-corrected chi connectivity index (χ3v) is 5.43. The molecule has 0 spiro atoms. The van der Waals surface area contributed by atoms with Gasteiger partial charge < -0.3 is 5.32 Å². The monoisotopic (exact) mass is 300 g/mol. The topological polar surface area (TPSA) is 15.3 Å². The predicted molar refractivity (Wildman–Crippen MR) is 85.2 cm³/mol. The molecule has 1 aromatic rings. The number of thiophene rings is 1. The Kier molecular flexibility index (Phi) is 4.93. The lowest BCUT2D eigenvalue weighted by Crippen LogP contribution is -2.46. The molecular weight excluding hydrogens is 276 g/mol. The summed E-state index contributed by atoms with van der Waals surface area (Å²) in [5, 5.41) is 3.70. The summed E-state index contributed by atoms with van der Waals surface area (Å²) in [5.41, 5.74) is 0.301. The average molecular weight is 301 g/mol. The molecule has 2 rings (SSSR count). The first-order valence-corrected chi connectivity index (χ1v) is 8.30.